The number of carbonyl (C=O) groups excluding carboxylic acids is 2. The van der Waals surface area contributed by atoms with Gasteiger partial charge in [0.15, 0.2) is 11.9 Å². The van der Waals surface area contributed by atoms with Crippen LogP contribution in [0.2, 0.25) is 0 Å². The molecule has 4 atom stereocenters. The number of hydrogen-bond acceptors (Lipinski definition) is 10. The van der Waals surface area contributed by atoms with Crippen molar-refractivity contribution >= 4 is 224 Å². The van der Waals surface area contributed by atoms with Crippen LogP contribution in [0.4, 0.5) is 13.2 Å². The number of halogens is 5. The summed E-state index contributed by atoms with van der Waals surface area (Å²) in [5.74, 6) is 3.97. The number of aldehydes is 1. The molecular weight excluding hydrogens is 929 g/mol. The molecule has 4 aliphatic heterocycles. The number of nitrogens with one attached hydrogen (secondary N) is 1. The van der Waals surface area contributed by atoms with Gasteiger partial charge in [0.2, 0.25) is 6.29 Å². The van der Waals surface area contributed by atoms with Gasteiger partial charge in [0, 0.05) is 68.5 Å². The Balaban J connectivity index is 0.000000393. The Labute approximate surface area is 408 Å². The zero-order chi connectivity index (χ0) is 37.2. The van der Waals surface area contributed by atoms with Crippen molar-refractivity contribution in [1.82, 2.24) is 15.1 Å². The number of alkyl halides is 3. The van der Waals surface area contributed by atoms with Crippen LogP contribution in [0.25, 0.3) is 0 Å². The molecule has 0 saturated carbocycles. The van der Waals surface area contributed by atoms with E-state index in [1.807, 2.05) is 23.9 Å². The summed E-state index contributed by atoms with van der Waals surface area (Å²) in [6.07, 6.45) is -2.96. The summed E-state index contributed by atoms with van der Waals surface area (Å²) in [5, 5.41) is 7.69. The van der Waals surface area contributed by atoms with Crippen LogP contribution in [0.1, 0.15) is 43.9 Å². The van der Waals surface area contributed by atoms with Crippen molar-refractivity contribution in [3.63, 3.8) is 0 Å². The maximum atomic E-state index is 10.6. The van der Waals surface area contributed by atoms with Crippen molar-refractivity contribution in [3.05, 3.63) is 41.6 Å². The van der Waals surface area contributed by atoms with Crippen molar-refractivity contribution in [3.8, 4) is 0 Å². The van der Waals surface area contributed by atoms with Gasteiger partial charge in [-0.3, -0.25) is 14.8 Å². The zero-order valence-electron chi connectivity index (χ0n) is 28.8. The number of rotatable bonds is 4. The summed E-state index contributed by atoms with van der Waals surface area (Å²) in [6, 6.07) is 4.28. The van der Waals surface area contributed by atoms with Gasteiger partial charge in [0.05, 0.1) is 5.54 Å². The number of guanidine groups is 2. The van der Waals surface area contributed by atoms with E-state index in [9.17, 15) is 18.0 Å². The van der Waals surface area contributed by atoms with Crippen LogP contribution in [0.5, 0.6) is 0 Å². The molecule has 1 fully saturated rings. The van der Waals surface area contributed by atoms with Gasteiger partial charge in [0.25, 0.3) is 0 Å². The third kappa shape index (κ3) is 13.8. The third-order valence-electron chi connectivity index (χ3n) is 7.99. The van der Waals surface area contributed by atoms with Gasteiger partial charge in [0.1, 0.15) is 23.4 Å². The van der Waals surface area contributed by atoms with Gasteiger partial charge in [-0.25, -0.2) is 4.99 Å². The van der Waals surface area contributed by atoms with E-state index in [4.69, 9.17) is 15.5 Å². The summed E-state index contributed by atoms with van der Waals surface area (Å²) >= 11 is 15.5. The van der Waals surface area contributed by atoms with Crippen molar-refractivity contribution in [2.45, 2.75) is 51.4 Å². The maximum absolute atomic E-state index is 10.6. The van der Waals surface area contributed by atoms with Crippen LogP contribution in [0.15, 0.2) is 51.7 Å². The molecule has 2 unspecified atom stereocenters. The molecule has 50 heavy (non-hydrogen) atoms. The van der Waals surface area contributed by atoms with Crippen molar-refractivity contribution in [2.24, 2.45) is 37.5 Å². The second-order valence-electron chi connectivity index (χ2n) is 10.9. The van der Waals surface area contributed by atoms with E-state index in [1.165, 1.54) is 143 Å². The second kappa shape index (κ2) is 24.8. The van der Waals surface area contributed by atoms with E-state index in [-0.39, 0.29) is 18.5 Å². The minimum absolute atomic E-state index is 0. The molecule has 4 aliphatic rings. The van der Waals surface area contributed by atoms with Crippen molar-refractivity contribution in [1.29, 1.82) is 0 Å². The van der Waals surface area contributed by atoms with Crippen molar-refractivity contribution < 1.29 is 22.8 Å². The molecule has 1 saturated heterocycles. The molecule has 6 heterocycles. The molecule has 1 radical (unpaired) electrons. The first-order chi connectivity index (χ1) is 23.1. The molecule has 22 heteroatoms. The fourth-order valence-electron chi connectivity index (χ4n) is 5.72. The molecule has 0 spiro atoms. The van der Waals surface area contributed by atoms with Crippen LogP contribution < -0.4 is 11.1 Å². The minimum atomic E-state index is -4.64. The molecule has 3 N–H and O–H groups in total. The number of aliphatic imine (C=N–C) groups is 3. The van der Waals surface area contributed by atoms with Gasteiger partial charge >= 0.3 is 140 Å². The molecule has 0 bridgehead atoms. The summed E-state index contributed by atoms with van der Waals surface area (Å²) in [5.41, 5.74) is 5.51. The zero-order valence-corrected chi connectivity index (χ0v) is 46.1. The first-order valence-corrected chi connectivity index (χ1v) is 51.1. The molecular formula is C28H35BBr2F3K4N8O2S2. The molecule has 0 aromatic carbocycles. The Hall–Kier alpha value is 3.98. The fraction of sp³-hybridized carbons (Fsp3) is 0.500. The number of carbonyl (C=O) groups is 2. The number of nitrogens with zero attached hydrogens (tertiary/aromatic N) is 6. The Morgan fingerprint density at radius 1 is 0.980 bits per heavy atom. The Morgan fingerprint density at radius 2 is 1.46 bits per heavy atom. The summed E-state index contributed by atoms with van der Waals surface area (Å²) in [6.45, 7) is 6.05. The number of thiophene rings is 2. The normalized spacial score (nSPS) is 25.4. The second-order valence-corrected chi connectivity index (χ2v) is 14.5. The average Bonchev–Trinajstić information content (AvgIpc) is 3.91. The standard InChI is InChI=1S/C13H15BBrN4OS.C12H15BrN4S.C2HF3O.CH4.4K/c1-13(10-5-8(15)6-21-10)9-3-4-16-11(9)19(2)12(17-13)18-14-7-20;1-12(9-5-7(13)6-18-9)8-3-4-15-10(8)17(2)11(14)16-12;3-2(4,5)1-6;;;;;/h5-7,9H,3-4H2,1-2H3,(H,17,18);5-6,8H,3-4H2,1-2H3,(H2,14,16);1H;1H4;;;;/t9?,13-;8?,12-;;;;;;/m00....../s1. The number of nitrogens with two attached hydrogens (primary N) is 1. The number of fused-ring (bicyclic) bond motifs is 2. The molecule has 0 aliphatic carbocycles. The van der Waals surface area contributed by atoms with Gasteiger partial charge in [-0.05, 0) is 70.7 Å². The van der Waals surface area contributed by atoms with Crippen LogP contribution in [0.3, 0.4) is 0 Å². The van der Waals surface area contributed by atoms with E-state index < -0.39 is 12.5 Å². The summed E-state index contributed by atoms with van der Waals surface area (Å²) in [7, 11) is 5.14. The third-order valence-corrected chi connectivity index (χ3v) is 11.8. The first kappa shape index (κ1) is 52.0. The SMILES string of the molecule is C.CN1C(=N[B]C=O)N[C@](C)(c2cc(Br)cs2)C2CCN=C21.CN1C(N)=N[C@](C)(c2cc(Br)cs2)C2CCN=C21.O=CC(F)(F)F.[K][K].[K][K]. The Kier molecular flexibility index (Phi) is 25.8. The van der Waals surface area contributed by atoms with E-state index in [1.54, 1.807) is 22.7 Å². The summed E-state index contributed by atoms with van der Waals surface area (Å²) in [4.78, 5) is 43.8. The van der Waals surface area contributed by atoms with Crippen LogP contribution in [-0.4, -0.2) is 213 Å². The predicted octanol–water partition coefficient (Wildman–Crippen LogP) is 4.11. The van der Waals surface area contributed by atoms with E-state index in [0.29, 0.717) is 29.9 Å². The van der Waals surface area contributed by atoms with Gasteiger partial charge in [-0.2, -0.15) is 13.2 Å². The number of amidine groups is 2. The van der Waals surface area contributed by atoms with Gasteiger partial charge < -0.3 is 30.5 Å². The van der Waals surface area contributed by atoms with Crippen LogP contribution in [-0.2, 0) is 20.7 Å². The van der Waals surface area contributed by atoms with Crippen LogP contribution in [0, 0.1) is 11.8 Å². The van der Waals surface area contributed by atoms with Gasteiger partial charge in [-0.15, -0.1) is 22.7 Å². The molecule has 6 rings (SSSR count). The van der Waals surface area contributed by atoms with Gasteiger partial charge in [-0.1, -0.05) is 7.43 Å². The van der Waals surface area contributed by atoms with E-state index in [0.717, 1.165) is 46.5 Å². The predicted molar refractivity (Wildman–Crippen MR) is 212 cm³/mol. The Bertz CT molecular complexity index is 1570. The fourth-order valence-corrected chi connectivity index (χ4v) is 8.91. The molecule has 2 aromatic rings. The topological polar surface area (TPSA) is 128 Å². The Morgan fingerprint density at radius 3 is 1.92 bits per heavy atom. The average molecular weight is 964 g/mol. The first-order valence-electron chi connectivity index (χ1n) is 15.7. The van der Waals surface area contributed by atoms with Crippen molar-refractivity contribution in [2.75, 3.05) is 27.2 Å². The molecule has 253 valence electrons. The molecule has 2 aromatic heterocycles. The van der Waals surface area contributed by atoms with E-state index >= 15 is 0 Å². The van der Waals surface area contributed by atoms with Crippen LogP contribution >= 0.6 is 54.5 Å². The number of hydrogen-bond donors (Lipinski definition) is 2. The monoisotopic (exact) mass is 961 g/mol. The van der Waals surface area contributed by atoms with E-state index in [2.05, 4.69) is 88.8 Å². The molecule has 0 amide bonds. The summed E-state index contributed by atoms with van der Waals surface area (Å²) < 4.78 is 33.4. The molecule has 10 nitrogen and oxygen atoms in total. The quantitative estimate of drug-likeness (QED) is 0.351.